The van der Waals surface area contributed by atoms with Gasteiger partial charge in [-0.15, -0.1) is 0 Å². The van der Waals surface area contributed by atoms with Crippen molar-refractivity contribution in [2.45, 2.75) is 13.0 Å². The topological polar surface area (TPSA) is 76.7 Å². The summed E-state index contributed by atoms with van der Waals surface area (Å²) in [6.07, 6.45) is -0.337. The number of carbonyl (C=O) groups is 2. The number of aryl methyl sites for hydroxylation is 1. The highest BCUT2D eigenvalue weighted by molar-refractivity contribution is 6.39. The number of amides is 2. The second-order valence-corrected chi connectivity index (χ2v) is 5.53. The van der Waals surface area contributed by atoms with Gasteiger partial charge in [-0.05, 0) is 31.2 Å². The highest BCUT2D eigenvalue weighted by Crippen LogP contribution is 2.30. The lowest BCUT2D eigenvalue weighted by Crippen LogP contribution is -2.44. The van der Waals surface area contributed by atoms with E-state index in [2.05, 4.69) is 10.6 Å². The fraction of sp³-hybridized carbons (Fsp3) is 0.222. The molecule has 0 saturated heterocycles. The van der Waals surface area contributed by atoms with Gasteiger partial charge in [0.05, 0.1) is 6.54 Å². The maximum atomic E-state index is 11.9. The molecule has 0 aliphatic carbocycles. The minimum Gasteiger partial charge on any atom is -0.486 e. The number of hydrogen-bond acceptors (Lipinski definition) is 4. The van der Waals surface area contributed by atoms with Crippen molar-refractivity contribution in [1.82, 2.24) is 5.32 Å². The van der Waals surface area contributed by atoms with Crippen LogP contribution in [0.2, 0.25) is 0 Å². The van der Waals surface area contributed by atoms with Crippen molar-refractivity contribution in [1.29, 1.82) is 0 Å². The molecule has 2 amide bonds. The van der Waals surface area contributed by atoms with E-state index in [0.29, 0.717) is 23.8 Å². The third kappa shape index (κ3) is 3.84. The van der Waals surface area contributed by atoms with Crippen molar-refractivity contribution in [3.8, 4) is 11.5 Å². The standard InChI is InChI=1S/C18H18N2O4/c1-12-6-8-13(9-7-12)20-18(22)17(21)19-10-14-11-23-15-4-2-3-5-16(15)24-14/h2-9,14H,10-11H2,1H3,(H,19,21)(H,20,22)/t14-/m1/s1. The van der Waals surface area contributed by atoms with Crippen molar-refractivity contribution in [2.75, 3.05) is 18.5 Å². The van der Waals surface area contributed by atoms with Crippen LogP contribution in [0.1, 0.15) is 5.56 Å². The van der Waals surface area contributed by atoms with Gasteiger partial charge in [-0.3, -0.25) is 9.59 Å². The lowest BCUT2D eigenvalue weighted by Gasteiger charge is -2.26. The maximum Gasteiger partial charge on any atom is 0.313 e. The summed E-state index contributed by atoms with van der Waals surface area (Å²) in [5, 5.41) is 5.11. The zero-order valence-electron chi connectivity index (χ0n) is 13.2. The molecule has 1 heterocycles. The molecular formula is C18H18N2O4. The number of carbonyl (C=O) groups excluding carboxylic acids is 2. The van der Waals surface area contributed by atoms with Gasteiger partial charge in [0.2, 0.25) is 0 Å². The van der Waals surface area contributed by atoms with E-state index in [1.165, 1.54) is 0 Å². The largest absolute Gasteiger partial charge is 0.486 e. The smallest absolute Gasteiger partial charge is 0.313 e. The van der Waals surface area contributed by atoms with Crippen LogP contribution >= 0.6 is 0 Å². The van der Waals surface area contributed by atoms with Crippen LogP contribution in [0, 0.1) is 6.92 Å². The van der Waals surface area contributed by atoms with Gasteiger partial charge in [-0.2, -0.15) is 0 Å². The van der Waals surface area contributed by atoms with E-state index in [1.54, 1.807) is 18.2 Å². The second kappa shape index (κ2) is 7.04. The highest BCUT2D eigenvalue weighted by Gasteiger charge is 2.22. The molecule has 1 aliphatic heterocycles. The molecule has 2 N–H and O–H groups in total. The van der Waals surface area contributed by atoms with Crippen LogP contribution in [-0.4, -0.2) is 31.1 Å². The van der Waals surface area contributed by atoms with Crippen LogP contribution in [0.25, 0.3) is 0 Å². The number of hydrogen-bond donors (Lipinski definition) is 2. The number of ether oxygens (including phenoxy) is 2. The molecule has 6 heteroatoms. The number of benzene rings is 2. The maximum absolute atomic E-state index is 11.9. The summed E-state index contributed by atoms with van der Waals surface area (Å²) in [5.74, 6) is -0.113. The zero-order valence-corrected chi connectivity index (χ0v) is 13.2. The Morgan fingerprint density at radius 1 is 1.04 bits per heavy atom. The van der Waals surface area contributed by atoms with E-state index in [4.69, 9.17) is 9.47 Å². The van der Waals surface area contributed by atoms with Crippen molar-refractivity contribution in [2.24, 2.45) is 0 Å². The number of para-hydroxylation sites is 2. The Morgan fingerprint density at radius 3 is 2.50 bits per heavy atom. The summed E-state index contributed by atoms with van der Waals surface area (Å²) in [7, 11) is 0. The van der Waals surface area contributed by atoms with E-state index in [0.717, 1.165) is 5.56 Å². The van der Waals surface area contributed by atoms with E-state index in [1.807, 2.05) is 37.3 Å². The lowest BCUT2D eigenvalue weighted by molar-refractivity contribution is -0.136. The average Bonchev–Trinajstić information content (AvgIpc) is 2.61. The van der Waals surface area contributed by atoms with Crippen molar-refractivity contribution >= 4 is 17.5 Å². The predicted octanol–water partition coefficient (Wildman–Crippen LogP) is 1.89. The summed E-state index contributed by atoms with van der Waals surface area (Å²) in [6, 6.07) is 14.5. The molecule has 0 saturated carbocycles. The summed E-state index contributed by atoms with van der Waals surface area (Å²) >= 11 is 0. The van der Waals surface area contributed by atoms with Gasteiger partial charge in [-0.25, -0.2) is 0 Å². The Bertz CT molecular complexity index is 743. The Morgan fingerprint density at radius 2 is 1.75 bits per heavy atom. The van der Waals surface area contributed by atoms with Crippen molar-refractivity contribution < 1.29 is 19.1 Å². The normalized spacial score (nSPS) is 15.5. The number of rotatable bonds is 3. The Hall–Kier alpha value is -3.02. The number of fused-ring (bicyclic) bond motifs is 1. The molecule has 1 atom stereocenters. The molecule has 0 unspecified atom stereocenters. The molecule has 124 valence electrons. The Balaban J connectivity index is 1.49. The molecule has 3 rings (SSSR count). The van der Waals surface area contributed by atoms with Gasteiger partial charge in [0, 0.05) is 5.69 Å². The van der Waals surface area contributed by atoms with Gasteiger partial charge in [0.25, 0.3) is 0 Å². The predicted molar refractivity (Wildman–Crippen MR) is 89.2 cm³/mol. The Labute approximate surface area is 139 Å². The monoisotopic (exact) mass is 326 g/mol. The van der Waals surface area contributed by atoms with Gasteiger partial charge in [-0.1, -0.05) is 29.8 Å². The summed E-state index contributed by atoms with van der Waals surface area (Å²) in [6.45, 7) is 2.45. The SMILES string of the molecule is Cc1ccc(NC(=O)C(=O)NC[C@@H]2COc3ccccc3O2)cc1. The summed E-state index contributed by atoms with van der Waals surface area (Å²) in [5.41, 5.74) is 1.65. The minimum atomic E-state index is -0.712. The lowest BCUT2D eigenvalue weighted by atomic mass is 10.2. The highest BCUT2D eigenvalue weighted by atomic mass is 16.6. The van der Waals surface area contributed by atoms with Crippen molar-refractivity contribution in [3.05, 3.63) is 54.1 Å². The van der Waals surface area contributed by atoms with Crippen LogP contribution in [0.15, 0.2) is 48.5 Å². The summed E-state index contributed by atoms with van der Waals surface area (Å²) in [4.78, 5) is 23.8. The van der Waals surface area contributed by atoms with E-state index in [-0.39, 0.29) is 12.6 Å². The van der Waals surface area contributed by atoms with Crippen LogP contribution in [0.4, 0.5) is 5.69 Å². The molecule has 2 aromatic carbocycles. The van der Waals surface area contributed by atoms with E-state index in [9.17, 15) is 9.59 Å². The molecule has 0 aromatic heterocycles. The minimum absolute atomic E-state index is 0.189. The summed E-state index contributed by atoms with van der Waals surface area (Å²) < 4.78 is 11.3. The van der Waals surface area contributed by atoms with Gasteiger partial charge >= 0.3 is 11.8 Å². The third-order valence-electron chi connectivity index (χ3n) is 3.57. The first-order chi connectivity index (χ1) is 11.6. The van der Waals surface area contributed by atoms with Crippen LogP contribution < -0.4 is 20.1 Å². The fourth-order valence-electron chi connectivity index (χ4n) is 2.28. The molecule has 0 radical (unpaired) electrons. The van der Waals surface area contributed by atoms with Crippen LogP contribution in [-0.2, 0) is 9.59 Å². The van der Waals surface area contributed by atoms with Gasteiger partial charge < -0.3 is 20.1 Å². The molecule has 0 fully saturated rings. The first kappa shape index (κ1) is 15.9. The molecule has 6 nitrogen and oxygen atoms in total. The first-order valence-electron chi connectivity index (χ1n) is 7.66. The Kier molecular flexibility index (Phi) is 4.65. The van der Waals surface area contributed by atoms with Crippen LogP contribution in [0.3, 0.4) is 0 Å². The van der Waals surface area contributed by atoms with Gasteiger partial charge in [0.1, 0.15) is 12.7 Å². The third-order valence-corrected chi connectivity index (χ3v) is 3.57. The van der Waals surface area contributed by atoms with Gasteiger partial charge in [0.15, 0.2) is 11.5 Å². The quantitative estimate of drug-likeness (QED) is 0.845. The first-order valence-corrected chi connectivity index (χ1v) is 7.66. The van der Waals surface area contributed by atoms with E-state index < -0.39 is 11.8 Å². The number of nitrogens with one attached hydrogen (secondary N) is 2. The average molecular weight is 326 g/mol. The molecule has 0 spiro atoms. The molecule has 1 aliphatic rings. The number of anilines is 1. The van der Waals surface area contributed by atoms with Crippen LogP contribution in [0.5, 0.6) is 11.5 Å². The molecule has 0 bridgehead atoms. The fourth-order valence-corrected chi connectivity index (χ4v) is 2.28. The zero-order chi connectivity index (χ0) is 16.9. The van der Waals surface area contributed by atoms with E-state index >= 15 is 0 Å². The second-order valence-electron chi connectivity index (χ2n) is 5.53. The molecule has 24 heavy (non-hydrogen) atoms. The molecular weight excluding hydrogens is 308 g/mol. The van der Waals surface area contributed by atoms with Crippen molar-refractivity contribution in [3.63, 3.8) is 0 Å². The molecule has 2 aromatic rings.